The SMILES string of the molecule is CC(=O)N[C@H]1[C@H](O[C@H]2[C@@H](O)[C@@H](CO)O[C@@H](O[C@H]3[C@H](O)[C@@H](O)C(O)O[C@@H]3CO)[C@@H]2O)O[C@H](CO)[C@@H](O[C@@H]2O[C@H](CO)[C@H](O)[C@H](O[C@@H]3O[C@H](CO)[C@@H](O)[C@H](O)[C@H]3NC(C)=O)[C@H]2O)[C@@H]1O. The molecular formula is C34H58N2O26. The second-order valence-electron chi connectivity index (χ2n) is 15.4. The Kier molecular flexibility index (Phi) is 18.1. The minimum Gasteiger partial charge on any atom is -0.394 e. The standard InChI is InChI=1S/C34H58N2O26/c1-8(42)35-15-20(47)17(44)10(3-37)55-31(15)61-28-18(45)11(4-38)56-33(24(28)51)59-26-14(7-41)58-32(16(21(26)48)36-9(2)43)62-29-19(46)12(5-39)57-34(25(29)52)60-27-13(6-40)54-30(53)23(50)22(27)49/h10-34,37-41,44-53H,3-7H2,1-2H3,(H,35,42)(H,36,43)/t10-,11-,12-,13-,14-,15-,16-,17-,18+,19+,20-,21-,22-,23-,24-,25-,26-,27-,28+,29+,30?,31+,32+,33+,34+/m1/s1. The molecule has 0 aromatic heterocycles. The first kappa shape index (κ1) is 51.0. The van der Waals surface area contributed by atoms with Crippen molar-refractivity contribution in [3.05, 3.63) is 0 Å². The quantitative estimate of drug-likeness (QED) is 0.0725. The fourth-order valence-corrected chi connectivity index (χ4v) is 7.83. The number of hydrogen-bond acceptors (Lipinski definition) is 26. The molecule has 28 heteroatoms. The normalized spacial score (nSPS) is 49.0. The molecule has 360 valence electrons. The summed E-state index contributed by atoms with van der Waals surface area (Å²) >= 11 is 0. The third kappa shape index (κ3) is 10.8. The van der Waals surface area contributed by atoms with Gasteiger partial charge in [-0.3, -0.25) is 9.59 Å². The van der Waals surface area contributed by atoms with E-state index in [4.69, 9.17) is 42.6 Å². The average molecular weight is 911 g/mol. The lowest BCUT2D eigenvalue weighted by molar-refractivity contribution is -0.384. The Morgan fingerprint density at radius 2 is 0.726 bits per heavy atom. The Morgan fingerprint density at radius 3 is 1.15 bits per heavy atom. The van der Waals surface area contributed by atoms with Crippen LogP contribution in [-0.4, -0.2) is 275 Å². The molecule has 5 fully saturated rings. The van der Waals surface area contributed by atoms with Gasteiger partial charge in [-0.05, 0) is 0 Å². The van der Waals surface area contributed by atoms with Crippen molar-refractivity contribution in [1.29, 1.82) is 0 Å². The van der Waals surface area contributed by atoms with Crippen molar-refractivity contribution in [2.24, 2.45) is 0 Å². The first-order valence-corrected chi connectivity index (χ1v) is 19.6. The van der Waals surface area contributed by atoms with Crippen molar-refractivity contribution < 1.29 is 129 Å². The molecule has 5 rings (SSSR count). The number of rotatable bonds is 15. The van der Waals surface area contributed by atoms with Crippen molar-refractivity contribution in [1.82, 2.24) is 10.6 Å². The minimum absolute atomic E-state index is 0.726. The molecule has 5 aliphatic rings. The van der Waals surface area contributed by atoms with E-state index < -0.39 is 198 Å². The molecule has 5 heterocycles. The van der Waals surface area contributed by atoms with Crippen molar-refractivity contribution in [3.8, 4) is 0 Å². The molecule has 1 unspecified atom stereocenters. The largest absolute Gasteiger partial charge is 0.394 e. The fraction of sp³-hybridized carbons (Fsp3) is 0.941. The zero-order chi connectivity index (χ0) is 45.9. The maximum Gasteiger partial charge on any atom is 0.217 e. The average Bonchev–Trinajstić information content (AvgIpc) is 3.23. The van der Waals surface area contributed by atoms with Gasteiger partial charge >= 0.3 is 0 Å². The molecule has 17 N–H and O–H groups in total. The third-order valence-corrected chi connectivity index (χ3v) is 11.1. The molecular weight excluding hydrogens is 852 g/mol. The highest BCUT2D eigenvalue weighted by atomic mass is 16.8. The molecule has 0 radical (unpaired) electrons. The summed E-state index contributed by atoms with van der Waals surface area (Å²) < 4.78 is 50.7. The van der Waals surface area contributed by atoms with Crippen LogP contribution in [0, 0.1) is 0 Å². The van der Waals surface area contributed by atoms with Crippen molar-refractivity contribution in [2.75, 3.05) is 33.0 Å². The first-order valence-electron chi connectivity index (χ1n) is 19.6. The predicted molar refractivity (Wildman–Crippen MR) is 190 cm³/mol. The van der Waals surface area contributed by atoms with Crippen LogP contribution in [0.1, 0.15) is 13.8 Å². The van der Waals surface area contributed by atoms with Gasteiger partial charge in [0.25, 0.3) is 0 Å². The molecule has 0 bridgehead atoms. The lowest BCUT2D eigenvalue weighted by atomic mass is 9.94. The number of ether oxygens (including phenoxy) is 9. The fourth-order valence-electron chi connectivity index (χ4n) is 7.83. The molecule has 0 spiro atoms. The van der Waals surface area contributed by atoms with Gasteiger partial charge in [0.1, 0.15) is 122 Å². The van der Waals surface area contributed by atoms with Crippen LogP contribution in [-0.2, 0) is 52.2 Å². The number of aliphatic hydroxyl groups excluding tert-OH is 15. The van der Waals surface area contributed by atoms with Gasteiger partial charge in [-0.25, -0.2) is 0 Å². The number of aliphatic hydroxyl groups is 15. The molecule has 5 aliphatic heterocycles. The Labute approximate surface area is 351 Å². The maximum absolute atomic E-state index is 12.5. The van der Waals surface area contributed by atoms with Gasteiger partial charge in [-0.2, -0.15) is 0 Å². The Bertz CT molecular complexity index is 1440. The number of nitrogens with one attached hydrogen (secondary N) is 2. The van der Waals surface area contributed by atoms with E-state index in [1.165, 1.54) is 0 Å². The highest BCUT2D eigenvalue weighted by molar-refractivity contribution is 5.73. The summed E-state index contributed by atoms with van der Waals surface area (Å²) in [5, 5.41) is 163. The van der Waals surface area contributed by atoms with Crippen molar-refractivity contribution in [2.45, 2.75) is 167 Å². The first-order chi connectivity index (χ1) is 29.3. The van der Waals surface area contributed by atoms with Gasteiger partial charge < -0.3 is 130 Å². The summed E-state index contributed by atoms with van der Waals surface area (Å²) in [6.45, 7) is -2.53. The number of amides is 2. The summed E-state index contributed by atoms with van der Waals surface area (Å²) in [5.74, 6) is -1.55. The second kappa shape index (κ2) is 22.0. The Morgan fingerprint density at radius 1 is 0.387 bits per heavy atom. The third-order valence-electron chi connectivity index (χ3n) is 11.1. The van der Waals surface area contributed by atoms with Crippen LogP contribution in [0.4, 0.5) is 0 Å². The number of carbonyl (C=O) groups excluding carboxylic acids is 2. The van der Waals surface area contributed by atoms with Crippen molar-refractivity contribution >= 4 is 11.8 Å². The van der Waals surface area contributed by atoms with Crippen LogP contribution in [0.5, 0.6) is 0 Å². The topological polar surface area (TPSA) is 445 Å². The highest BCUT2D eigenvalue weighted by Crippen LogP contribution is 2.35. The van der Waals surface area contributed by atoms with E-state index in [1.807, 2.05) is 0 Å². The summed E-state index contributed by atoms with van der Waals surface area (Å²) in [5.41, 5.74) is 0. The van der Waals surface area contributed by atoms with Gasteiger partial charge in [-0.15, -0.1) is 0 Å². The van der Waals surface area contributed by atoms with Crippen LogP contribution >= 0.6 is 0 Å². The molecule has 5 saturated heterocycles. The van der Waals surface area contributed by atoms with Crippen LogP contribution in [0.3, 0.4) is 0 Å². The van der Waals surface area contributed by atoms with Gasteiger partial charge in [-0.1, -0.05) is 0 Å². The molecule has 0 aromatic carbocycles. The number of carbonyl (C=O) groups is 2. The van der Waals surface area contributed by atoms with E-state index >= 15 is 0 Å². The van der Waals surface area contributed by atoms with Gasteiger partial charge in [0.05, 0.1) is 33.0 Å². The zero-order valence-corrected chi connectivity index (χ0v) is 33.2. The lowest BCUT2D eigenvalue weighted by Crippen LogP contribution is -2.70. The predicted octanol–water partition coefficient (Wildman–Crippen LogP) is -11.6. The molecule has 2 amide bonds. The highest BCUT2D eigenvalue weighted by Gasteiger charge is 2.57. The molecule has 25 atom stereocenters. The molecule has 0 saturated carbocycles. The summed E-state index contributed by atoms with van der Waals surface area (Å²) in [6.07, 6.45) is -42.2. The zero-order valence-electron chi connectivity index (χ0n) is 33.2. The molecule has 0 aromatic rings. The van der Waals surface area contributed by atoms with E-state index in [1.54, 1.807) is 0 Å². The second-order valence-corrected chi connectivity index (χ2v) is 15.4. The van der Waals surface area contributed by atoms with Crippen molar-refractivity contribution in [3.63, 3.8) is 0 Å². The lowest BCUT2D eigenvalue weighted by Gasteiger charge is -2.50. The summed E-state index contributed by atoms with van der Waals surface area (Å²) in [6, 6.07) is -3.28. The molecule has 0 aliphatic carbocycles. The minimum atomic E-state index is -2.10. The van der Waals surface area contributed by atoms with E-state index in [9.17, 15) is 86.2 Å². The molecule has 62 heavy (non-hydrogen) atoms. The van der Waals surface area contributed by atoms with Gasteiger partial charge in [0.15, 0.2) is 31.5 Å². The Hall–Kier alpha value is -2.02. The summed E-state index contributed by atoms with van der Waals surface area (Å²) in [4.78, 5) is 24.4. The van der Waals surface area contributed by atoms with Crippen LogP contribution in [0.25, 0.3) is 0 Å². The van der Waals surface area contributed by atoms with E-state index in [2.05, 4.69) is 10.6 Å². The Balaban J connectivity index is 1.37. The maximum atomic E-state index is 12.5. The number of hydrogen-bond donors (Lipinski definition) is 17. The van der Waals surface area contributed by atoms with Crippen LogP contribution in [0.2, 0.25) is 0 Å². The van der Waals surface area contributed by atoms with Gasteiger partial charge in [0, 0.05) is 13.8 Å². The van der Waals surface area contributed by atoms with Gasteiger partial charge in [0.2, 0.25) is 11.8 Å². The van der Waals surface area contributed by atoms with E-state index in [0.717, 1.165) is 13.8 Å². The van der Waals surface area contributed by atoms with E-state index in [0.29, 0.717) is 0 Å². The monoisotopic (exact) mass is 910 g/mol. The summed E-state index contributed by atoms with van der Waals surface area (Å²) in [7, 11) is 0. The smallest absolute Gasteiger partial charge is 0.217 e. The van der Waals surface area contributed by atoms with E-state index in [-0.39, 0.29) is 0 Å². The van der Waals surface area contributed by atoms with Crippen LogP contribution in [0.15, 0.2) is 0 Å². The molecule has 28 nitrogen and oxygen atoms in total. The van der Waals surface area contributed by atoms with Crippen LogP contribution < -0.4 is 10.6 Å².